The summed E-state index contributed by atoms with van der Waals surface area (Å²) in [5, 5.41) is 12.7. The van der Waals surface area contributed by atoms with Crippen molar-refractivity contribution in [1.29, 1.82) is 5.26 Å². The van der Waals surface area contributed by atoms with E-state index in [1.54, 1.807) is 19.2 Å². The zero-order valence-electron chi connectivity index (χ0n) is 11.6. The molecular weight excluding hydrogens is 286 g/mol. The molecule has 4 nitrogen and oxygen atoms in total. The van der Waals surface area contributed by atoms with Crippen LogP contribution in [0.3, 0.4) is 0 Å². The lowest BCUT2D eigenvalue weighted by Gasteiger charge is -2.15. The number of aromatic nitrogens is 1. The second kappa shape index (κ2) is 5.63. The Morgan fingerprint density at radius 2 is 2.24 bits per heavy atom. The lowest BCUT2D eigenvalue weighted by molar-refractivity contribution is 0.410. The summed E-state index contributed by atoms with van der Waals surface area (Å²) in [6.45, 7) is 0. The number of rotatable bonds is 3. The van der Waals surface area contributed by atoms with Gasteiger partial charge in [0.15, 0.2) is 5.69 Å². The fourth-order valence-electron chi connectivity index (χ4n) is 2.74. The van der Waals surface area contributed by atoms with Crippen LogP contribution >= 0.6 is 11.6 Å². The number of halogens is 1. The van der Waals surface area contributed by atoms with Crippen molar-refractivity contribution < 1.29 is 4.74 Å². The average Bonchev–Trinajstić information content (AvgIpc) is 2.92. The Hall–Kier alpha value is -2.25. The lowest BCUT2D eigenvalue weighted by atomic mass is 10.1. The molecule has 1 aromatic carbocycles. The number of hydrogen-bond donors (Lipinski definition) is 1. The Morgan fingerprint density at radius 3 is 3.00 bits per heavy atom. The van der Waals surface area contributed by atoms with E-state index >= 15 is 0 Å². The minimum Gasteiger partial charge on any atom is -0.496 e. The first-order valence-electron chi connectivity index (χ1n) is 6.72. The van der Waals surface area contributed by atoms with Crippen molar-refractivity contribution in [3.63, 3.8) is 0 Å². The Balaban J connectivity index is 1.88. The van der Waals surface area contributed by atoms with Crippen LogP contribution in [0.1, 0.15) is 29.3 Å². The Labute approximate surface area is 128 Å². The van der Waals surface area contributed by atoms with Crippen LogP contribution in [0.25, 0.3) is 0 Å². The molecule has 5 heteroatoms. The van der Waals surface area contributed by atoms with E-state index in [0.29, 0.717) is 10.8 Å². The van der Waals surface area contributed by atoms with E-state index in [1.165, 1.54) is 11.1 Å². The third-order valence-corrected chi connectivity index (χ3v) is 4.03. The van der Waals surface area contributed by atoms with Crippen molar-refractivity contribution in [3.8, 4) is 11.8 Å². The van der Waals surface area contributed by atoms with E-state index < -0.39 is 0 Å². The molecule has 0 fully saturated rings. The molecule has 0 amide bonds. The molecule has 1 aliphatic rings. The van der Waals surface area contributed by atoms with Crippen LogP contribution in [-0.2, 0) is 6.42 Å². The summed E-state index contributed by atoms with van der Waals surface area (Å²) in [6.07, 6.45) is 1.94. The Morgan fingerprint density at radius 1 is 1.38 bits per heavy atom. The number of anilines is 1. The summed E-state index contributed by atoms with van der Waals surface area (Å²) in [4.78, 5) is 4.23. The molecule has 0 bridgehead atoms. The summed E-state index contributed by atoms with van der Waals surface area (Å²) in [6, 6.07) is 11.7. The topological polar surface area (TPSA) is 57.9 Å². The van der Waals surface area contributed by atoms with Crippen LogP contribution in [-0.4, -0.2) is 12.1 Å². The molecular formula is C16H14ClN3O. The zero-order valence-corrected chi connectivity index (χ0v) is 12.3. The standard InChI is InChI=1S/C16H14ClN3O/c1-21-15-4-2-3-10-11(15)5-7-13(10)19-16-8-6-12(17)14(9-18)20-16/h2-4,6,8,13H,5,7H2,1H3,(H,19,20). The quantitative estimate of drug-likeness (QED) is 0.938. The molecule has 21 heavy (non-hydrogen) atoms. The average molecular weight is 300 g/mol. The molecule has 1 atom stereocenters. The van der Waals surface area contributed by atoms with Gasteiger partial charge >= 0.3 is 0 Å². The maximum absolute atomic E-state index is 8.99. The largest absolute Gasteiger partial charge is 0.496 e. The van der Waals surface area contributed by atoms with Crippen molar-refractivity contribution in [3.05, 3.63) is 52.2 Å². The normalized spacial score (nSPS) is 16.1. The molecule has 0 spiro atoms. The van der Waals surface area contributed by atoms with Gasteiger partial charge in [-0.3, -0.25) is 0 Å². The van der Waals surface area contributed by atoms with Crippen molar-refractivity contribution in [2.45, 2.75) is 18.9 Å². The van der Waals surface area contributed by atoms with Gasteiger partial charge in [0.05, 0.1) is 18.2 Å². The SMILES string of the molecule is COc1cccc2c1CCC2Nc1ccc(Cl)c(C#N)n1. The molecule has 3 rings (SSSR count). The molecule has 1 N–H and O–H groups in total. The van der Waals surface area contributed by atoms with Gasteiger partial charge in [0.1, 0.15) is 17.6 Å². The highest BCUT2D eigenvalue weighted by Gasteiger charge is 2.25. The fourth-order valence-corrected chi connectivity index (χ4v) is 2.89. The van der Waals surface area contributed by atoms with Gasteiger partial charge in [0.2, 0.25) is 0 Å². The van der Waals surface area contributed by atoms with Crippen LogP contribution < -0.4 is 10.1 Å². The predicted octanol–water partition coefficient (Wildman–Crippen LogP) is 3.71. The summed E-state index contributed by atoms with van der Waals surface area (Å²) in [5.41, 5.74) is 2.71. The number of hydrogen-bond acceptors (Lipinski definition) is 4. The number of pyridine rings is 1. The van der Waals surface area contributed by atoms with Crippen molar-refractivity contribution >= 4 is 17.4 Å². The second-order valence-electron chi connectivity index (χ2n) is 4.90. The monoisotopic (exact) mass is 299 g/mol. The maximum atomic E-state index is 8.99. The molecule has 1 unspecified atom stereocenters. The second-order valence-corrected chi connectivity index (χ2v) is 5.31. The van der Waals surface area contributed by atoms with E-state index in [4.69, 9.17) is 21.6 Å². The number of nitriles is 1. The summed E-state index contributed by atoms with van der Waals surface area (Å²) >= 11 is 5.90. The highest BCUT2D eigenvalue weighted by molar-refractivity contribution is 6.31. The first-order valence-corrected chi connectivity index (χ1v) is 7.09. The highest BCUT2D eigenvalue weighted by Crippen LogP contribution is 2.38. The van der Waals surface area contributed by atoms with E-state index in [0.717, 1.165) is 18.6 Å². The van der Waals surface area contributed by atoms with Crippen molar-refractivity contribution in [2.75, 3.05) is 12.4 Å². The Bertz CT molecular complexity index is 724. The van der Waals surface area contributed by atoms with E-state index in [2.05, 4.69) is 16.4 Å². The number of nitrogens with one attached hydrogen (secondary N) is 1. The highest BCUT2D eigenvalue weighted by atomic mass is 35.5. The third kappa shape index (κ3) is 2.53. The van der Waals surface area contributed by atoms with Gasteiger partial charge in [0.25, 0.3) is 0 Å². The first kappa shape index (κ1) is 13.7. The van der Waals surface area contributed by atoms with Gasteiger partial charge in [-0.2, -0.15) is 5.26 Å². The van der Waals surface area contributed by atoms with E-state index in [1.807, 2.05) is 18.2 Å². The number of ether oxygens (including phenoxy) is 1. The van der Waals surface area contributed by atoms with Gasteiger partial charge in [-0.25, -0.2) is 4.98 Å². The zero-order chi connectivity index (χ0) is 14.8. The minimum absolute atomic E-state index is 0.176. The van der Waals surface area contributed by atoms with Crippen molar-refractivity contribution in [1.82, 2.24) is 4.98 Å². The summed E-state index contributed by atoms with van der Waals surface area (Å²) in [7, 11) is 1.69. The molecule has 1 aliphatic carbocycles. The summed E-state index contributed by atoms with van der Waals surface area (Å²) in [5.74, 6) is 1.59. The first-order chi connectivity index (χ1) is 10.2. The van der Waals surface area contributed by atoms with E-state index in [-0.39, 0.29) is 11.7 Å². The number of benzene rings is 1. The van der Waals surface area contributed by atoms with Crippen LogP contribution in [0.2, 0.25) is 5.02 Å². The van der Waals surface area contributed by atoms with Gasteiger partial charge < -0.3 is 10.1 Å². The molecule has 1 aromatic heterocycles. The molecule has 0 aliphatic heterocycles. The smallest absolute Gasteiger partial charge is 0.161 e. The lowest BCUT2D eigenvalue weighted by Crippen LogP contribution is -2.09. The molecule has 106 valence electrons. The van der Waals surface area contributed by atoms with Crippen LogP contribution in [0.15, 0.2) is 30.3 Å². The van der Waals surface area contributed by atoms with Crippen LogP contribution in [0.4, 0.5) is 5.82 Å². The van der Waals surface area contributed by atoms with Crippen molar-refractivity contribution in [2.24, 2.45) is 0 Å². The number of methoxy groups -OCH3 is 1. The predicted molar refractivity (Wildman–Crippen MR) is 81.6 cm³/mol. The van der Waals surface area contributed by atoms with Crippen LogP contribution in [0, 0.1) is 11.3 Å². The molecule has 0 saturated carbocycles. The van der Waals surface area contributed by atoms with Crippen LogP contribution in [0.5, 0.6) is 5.75 Å². The van der Waals surface area contributed by atoms with E-state index in [9.17, 15) is 0 Å². The number of nitrogens with zero attached hydrogens (tertiary/aromatic N) is 2. The van der Waals surface area contributed by atoms with Gasteiger partial charge in [0, 0.05) is 0 Å². The van der Waals surface area contributed by atoms with Gasteiger partial charge in [-0.05, 0) is 42.2 Å². The summed E-state index contributed by atoms with van der Waals surface area (Å²) < 4.78 is 5.40. The maximum Gasteiger partial charge on any atom is 0.161 e. The molecule has 0 radical (unpaired) electrons. The third-order valence-electron chi connectivity index (χ3n) is 3.72. The molecule has 0 saturated heterocycles. The Kier molecular flexibility index (Phi) is 3.68. The molecule has 2 aromatic rings. The van der Waals surface area contributed by atoms with Gasteiger partial charge in [-0.1, -0.05) is 23.7 Å². The minimum atomic E-state index is 0.176. The molecule has 1 heterocycles. The van der Waals surface area contributed by atoms with Gasteiger partial charge in [-0.15, -0.1) is 0 Å². The number of fused-ring (bicyclic) bond motifs is 1. The fraction of sp³-hybridized carbons (Fsp3) is 0.250.